The molecule has 5 nitrogen and oxygen atoms in total. The first-order valence-electron chi connectivity index (χ1n) is 9.10. The van der Waals surface area contributed by atoms with E-state index in [0.29, 0.717) is 16.4 Å². The highest BCUT2D eigenvalue weighted by Gasteiger charge is 2.31. The lowest BCUT2D eigenvalue weighted by Crippen LogP contribution is -2.29. The Balaban J connectivity index is 1.85. The normalized spacial score (nSPS) is 12.6. The van der Waals surface area contributed by atoms with Gasteiger partial charge in [0.1, 0.15) is 0 Å². The molecule has 3 rings (SSSR count). The van der Waals surface area contributed by atoms with Gasteiger partial charge in [-0.15, -0.1) is 0 Å². The number of hydrogen-bond donors (Lipinski definition) is 2. The van der Waals surface area contributed by atoms with Crippen LogP contribution < -0.4 is 5.32 Å². The first kappa shape index (κ1) is 21.9. The second-order valence-corrected chi connectivity index (χ2v) is 7.13. The van der Waals surface area contributed by atoms with E-state index in [2.05, 4.69) is 10.4 Å². The molecule has 158 valence electrons. The molecule has 1 aromatic heterocycles. The number of benzene rings is 2. The number of nitrogens with zero attached hydrogens (tertiary/aromatic N) is 2. The van der Waals surface area contributed by atoms with Crippen molar-refractivity contribution in [3.8, 4) is 5.69 Å². The molecule has 0 fully saturated rings. The van der Waals surface area contributed by atoms with E-state index in [4.69, 9.17) is 11.6 Å². The summed E-state index contributed by atoms with van der Waals surface area (Å²) in [4.78, 5) is 12.8. The zero-order valence-corrected chi connectivity index (χ0v) is 16.7. The standard InChI is InChI=1S/C21H19ClF3N3O2/c1-13-18(12-26-28(13)17-7-5-16(22)6-8-17)20(30)27-19(9-10-29)14-3-2-4-15(11-14)21(23,24)25/h2-8,11-12,19,29H,9-10H2,1H3,(H,27,30). The van der Waals surface area contributed by atoms with Gasteiger partial charge in [-0.2, -0.15) is 18.3 Å². The molecule has 3 aromatic rings. The van der Waals surface area contributed by atoms with E-state index >= 15 is 0 Å². The van der Waals surface area contributed by atoms with Crippen LogP contribution in [0.2, 0.25) is 5.02 Å². The molecular weight excluding hydrogens is 419 g/mol. The van der Waals surface area contributed by atoms with Crippen LogP contribution in [0, 0.1) is 6.92 Å². The van der Waals surface area contributed by atoms with Crippen LogP contribution in [0.3, 0.4) is 0 Å². The van der Waals surface area contributed by atoms with Gasteiger partial charge in [0.15, 0.2) is 0 Å². The highest BCUT2D eigenvalue weighted by molar-refractivity contribution is 6.30. The van der Waals surface area contributed by atoms with Gasteiger partial charge in [0.05, 0.1) is 34.7 Å². The molecule has 0 radical (unpaired) electrons. The number of carbonyl (C=O) groups is 1. The Labute approximate surface area is 176 Å². The molecule has 1 atom stereocenters. The maximum absolute atomic E-state index is 13.0. The van der Waals surface area contributed by atoms with Crippen LogP contribution in [-0.4, -0.2) is 27.4 Å². The molecule has 30 heavy (non-hydrogen) atoms. The lowest BCUT2D eigenvalue weighted by Gasteiger charge is -2.19. The smallest absolute Gasteiger partial charge is 0.396 e. The predicted molar refractivity (Wildman–Crippen MR) is 107 cm³/mol. The van der Waals surface area contributed by atoms with Gasteiger partial charge in [-0.1, -0.05) is 23.7 Å². The molecule has 0 aliphatic rings. The van der Waals surface area contributed by atoms with Crippen molar-refractivity contribution in [3.63, 3.8) is 0 Å². The van der Waals surface area contributed by atoms with Crippen molar-refractivity contribution in [1.29, 1.82) is 0 Å². The first-order chi connectivity index (χ1) is 14.2. The van der Waals surface area contributed by atoms with Gasteiger partial charge in [0.25, 0.3) is 5.91 Å². The minimum absolute atomic E-state index is 0.0669. The number of carbonyl (C=O) groups excluding carboxylic acids is 1. The topological polar surface area (TPSA) is 67.2 Å². The van der Waals surface area contributed by atoms with E-state index in [0.717, 1.165) is 12.1 Å². The summed E-state index contributed by atoms with van der Waals surface area (Å²) in [5, 5.41) is 16.8. The van der Waals surface area contributed by atoms with Crippen molar-refractivity contribution < 1.29 is 23.1 Å². The largest absolute Gasteiger partial charge is 0.416 e. The number of aliphatic hydroxyl groups is 1. The summed E-state index contributed by atoms with van der Waals surface area (Å²) in [5.74, 6) is -0.497. The second kappa shape index (κ2) is 8.89. The van der Waals surface area contributed by atoms with Crippen LogP contribution in [0.25, 0.3) is 5.69 Å². The summed E-state index contributed by atoms with van der Waals surface area (Å²) >= 11 is 5.89. The number of halogens is 4. The minimum atomic E-state index is -4.50. The molecule has 0 aliphatic carbocycles. The summed E-state index contributed by atoms with van der Waals surface area (Å²) in [5.41, 5.74) is 0.987. The number of aromatic nitrogens is 2. The summed E-state index contributed by atoms with van der Waals surface area (Å²) in [7, 11) is 0. The molecule has 0 saturated carbocycles. The molecule has 0 saturated heterocycles. The van der Waals surface area contributed by atoms with E-state index in [9.17, 15) is 23.1 Å². The maximum atomic E-state index is 13.0. The SMILES string of the molecule is Cc1c(C(=O)NC(CCO)c2cccc(C(F)(F)F)c2)cnn1-c1ccc(Cl)cc1. The fraction of sp³-hybridized carbons (Fsp3) is 0.238. The number of rotatable bonds is 6. The molecule has 1 heterocycles. The van der Waals surface area contributed by atoms with Crippen LogP contribution in [0.15, 0.2) is 54.7 Å². The molecule has 2 aromatic carbocycles. The average Bonchev–Trinajstić information content (AvgIpc) is 3.09. The van der Waals surface area contributed by atoms with Crippen molar-refractivity contribution in [1.82, 2.24) is 15.1 Å². The Morgan fingerprint density at radius 2 is 1.93 bits per heavy atom. The number of alkyl halides is 3. The predicted octanol–water partition coefficient (Wildman–Crippen LogP) is 4.71. The zero-order chi connectivity index (χ0) is 21.9. The van der Waals surface area contributed by atoms with Crippen molar-refractivity contribution >= 4 is 17.5 Å². The minimum Gasteiger partial charge on any atom is -0.396 e. The van der Waals surface area contributed by atoms with Gasteiger partial charge in [0.2, 0.25) is 0 Å². The number of amides is 1. The molecule has 0 spiro atoms. The lowest BCUT2D eigenvalue weighted by molar-refractivity contribution is -0.137. The third kappa shape index (κ3) is 4.83. The summed E-state index contributed by atoms with van der Waals surface area (Å²) < 4.78 is 40.7. The third-order valence-electron chi connectivity index (χ3n) is 4.67. The van der Waals surface area contributed by atoms with Crippen molar-refractivity contribution in [2.24, 2.45) is 0 Å². The lowest BCUT2D eigenvalue weighted by atomic mass is 10.0. The van der Waals surface area contributed by atoms with Gasteiger partial charge >= 0.3 is 6.18 Å². The highest BCUT2D eigenvalue weighted by atomic mass is 35.5. The quantitative estimate of drug-likeness (QED) is 0.587. The van der Waals surface area contributed by atoms with Crippen molar-refractivity contribution in [2.45, 2.75) is 25.6 Å². The van der Waals surface area contributed by atoms with E-state index in [1.165, 1.54) is 18.3 Å². The van der Waals surface area contributed by atoms with Crippen molar-refractivity contribution in [3.05, 3.63) is 82.1 Å². The summed E-state index contributed by atoms with van der Waals surface area (Å²) in [6.07, 6.45) is -3.04. The van der Waals surface area contributed by atoms with Gasteiger partial charge < -0.3 is 10.4 Å². The number of aliphatic hydroxyl groups excluding tert-OH is 1. The number of nitrogens with one attached hydrogen (secondary N) is 1. The van der Waals surface area contributed by atoms with Crippen LogP contribution in [0.5, 0.6) is 0 Å². The molecule has 1 unspecified atom stereocenters. The van der Waals surface area contributed by atoms with Crippen molar-refractivity contribution in [2.75, 3.05) is 6.61 Å². The monoisotopic (exact) mass is 437 g/mol. The van der Waals surface area contributed by atoms with E-state index in [1.54, 1.807) is 35.9 Å². The fourth-order valence-electron chi connectivity index (χ4n) is 3.09. The third-order valence-corrected chi connectivity index (χ3v) is 4.92. The first-order valence-corrected chi connectivity index (χ1v) is 9.48. The second-order valence-electron chi connectivity index (χ2n) is 6.69. The Kier molecular flexibility index (Phi) is 6.48. The molecule has 2 N–H and O–H groups in total. The molecule has 1 amide bonds. The van der Waals surface area contributed by atoms with Crippen LogP contribution >= 0.6 is 11.6 Å². The van der Waals surface area contributed by atoms with E-state index < -0.39 is 23.7 Å². The van der Waals surface area contributed by atoms with Crippen LogP contribution in [0.1, 0.15) is 39.6 Å². The molecule has 0 aliphatic heterocycles. The molecule has 9 heteroatoms. The zero-order valence-electron chi connectivity index (χ0n) is 15.9. The summed E-state index contributed by atoms with van der Waals surface area (Å²) in [6.45, 7) is 1.41. The Bertz CT molecular complexity index is 1030. The maximum Gasteiger partial charge on any atom is 0.416 e. The van der Waals surface area contributed by atoms with Gasteiger partial charge in [-0.3, -0.25) is 4.79 Å². The number of hydrogen-bond acceptors (Lipinski definition) is 3. The van der Waals surface area contributed by atoms with Gasteiger partial charge in [-0.05, 0) is 55.3 Å². The highest BCUT2D eigenvalue weighted by Crippen LogP contribution is 2.31. The van der Waals surface area contributed by atoms with E-state index in [-0.39, 0.29) is 24.2 Å². The Morgan fingerprint density at radius 1 is 1.23 bits per heavy atom. The molecule has 0 bridgehead atoms. The van der Waals surface area contributed by atoms with Crippen LogP contribution in [-0.2, 0) is 6.18 Å². The Hall–Kier alpha value is -2.84. The molecular formula is C21H19ClF3N3O2. The Morgan fingerprint density at radius 3 is 2.57 bits per heavy atom. The average molecular weight is 438 g/mol. The van der Waals surface area contributed by atoms with Gasteiger partial charge in [-0.25, -0.2) is 4.68 Å². The van der Waals surface area contributed by atoms with E-state index in [1.807, 2.05) is 0 Å². The van der Waals surface area contributed by atoms with Gasteiger partial charge in [0, 0.05) is 11.6 Å². The summed E-state index contributed by atoms with van der Waals surface area (Å²) in [6, 6.07) is 10.8. The fourth-order valence-corrected chi connectivity index (χ4v) is 3.22. The van der Waals surface area contributed by atoms with Crippen LogP contribution in [0.4, 0.5) is 13.2 Å².